The lowest BCUT2D eigenvalue weighted by atomic mass is 9.64. The summed E-state index contributed by atoms with van der Waals surface area (Å²) in [5, 5.41) is 50.0. The van der Waals surface area contributed by atoms with Gasteiger partial charge < -0.3 is 39.7 Å². The molecule has 0 spiro atoms. The van der Waals surface area contributed by atoms with Gasteiger partial charge in [0.05, 0.1) is 29.5 Å². The summed E-state index contributed by atoms with van der Waals surface area (Å²) < 4.78 is 17.3. The van der Waals surface area contributed by atoms with Gasteiger partial charge in [-0.15, -0.1) is 0 Å². The van der Waals surface area contributed by atoms with Crippen LogP contribution in [0.3, 0.4) is 0 Å². The highest BCUT2D eigenvalue weighted by molar-refractivity contribution is 5.12. The number of hydrogen-bond acceptors (Lipinski definition) is 8. The summed E-state index contributed by atoms with van der Waals surface area (Å²) in [6.45, 7) is 5.06. The Morgan fingerprint density at radius 3 is 2.29 bits per heavy atom. The number of ether oxygens (including phenoxy) is 3. The lowest BCUT2D eigenvalue weighted by molar-refractivity contribution is -0.377. The Morgan fingerprint density at radius 1 is 1.04 bits per heavy atom. The van der Waals surface area contributed by atoms with E-state index in [1.165, 1.54) is 0 Å². The molecule has 8 atom stereocenters. The van der Waals surface area contributed by atoms with Crippen molar-refractivity contribution in [3.05, 3.63) is 0 Å². The third-order valence-corrected chi connectivity index (χ3v) is 5.99. The van der Waals surface area contributed by atoms with Crippen LogP contribution in [-0.4, -0.2) is 85.8 Å². The fraction of sp³-hybridized carbons (Fsp3) is 1.00. The number of rotatable bonds is 3. The number of aliphatic hydroxyl groups excluding tert-OH is 4. The predicted molar refractivity (Wildman–Crippen MR) is 81.0 cm³/mol. The van der Waals surface area contributed by atoms with Crippen molar-refractivity contribution in [1.29, 1.82) is 0 Å². The zero-order chi connectivity index (χ0) is 17.9. The molecule has 3 heterocycles. The Balaban J connectivity index is 1.76. The van der Waals surface area contributed by atoms with E-state index in [2.05, 4.69) is 0 Å². The van der Waals surface area contributed by atoms with Crippen LogP contribution in [0.2, 0.25) is 0 Å². The van der Waals surface area contributed by atoms with Crippen molar-refractivity contribution in [2.24, 2.45) is 0 Å². The van der Waals surface area contributed by atoms with Crippen molar-refractivity contribution in [3.63, 3.8) is 0 Å². The number of hydrogen-bond donors (Lipinski definition) is 5. The molecule has 3 saturated heterocycles. The fourth-order valence-electron chi connectivity index (χ4n) is 4.12. The van der Waals surface area contributed by atoms with Gasteiger partial charge in [-0.2, -0.15) is 0 Å². The van der Waals surface area contributed by atoms with Crippen LogP contribution in [0.15, 0.2) is 0 Å². The van der Waals surface area contributed by atoms with Crippen molar-refractivity contribution >= 4 is 0 Å². The lowest BCUT2D eigenvalue weighted by Gasteiger charge is -2.62. The minimum Gasteiger partial charge on any atom is -0.394 e. The molecule has 1 aliphatic carbocycles. The van der Waals surface area contributed by atoms with Crippen LogP contribution in [0.5, 0.6) is 0 Å². The standard InChI is InChI=1S/C16H28O8/c1-14(2)16(21)5-4-15(3,24-14)9(6-16)23-13-12(20)11(19)10(18)8(7-17)22-13/h8-13,17-21H,4-7H2,1-3H3/t8-,9-,10-,11+,12-,13+,15-,16-/m1/s1. The molecule has 0 aromatic rings. The summed E-state index contributed by atoms with van der Waals surface area (Å²) >= 11 is 0. The highest BCUT2D eigenvalue weighted by Gasteiger charge is 2.63. The first kappa shape index (κ1) is 18.5. The Bertz CT molecular complexity index is 483. The van der Waals surface area contributed by atoms with E-state index >= 15 is 0 Å². The first-order chi connectivity index (χ1) is 11.0. The molecule has 0 radical (unpaired) electrons. The van der Waals surface area contributed by atoms with E-state index in [1.807, 2.05) is 20.8 Å². The second-order valence-corrected chi connectivity index (χ2v) is 7.98. The van der Waals surface area contributed by atoms with Crippen LogP contribution < -0.4 is 0 Å². The van der Waals surface area contributed by atoms with Crippen molar-refractivity contribution in [3.8, 4) is 0 Å². The first-order valence-electron chi connectivity index (χ1n) is 8.41. The van der Waals surface area contributed by atoms with Gasteiger partial charge >= 0.3 is 0 Å². The van der Waals surface area contributed by atoms with Gasteiger partial charge in [0, 0.05) is 6.42 Å². The maximum absolute atomic E-state index is 10.9. The van der Waals surface area contributed by atoms with Crippen LogP contribution in [0.25, 0.3) is 0 Å². The molecular formula is C16H28O8. The van der Waals surface area contributed by atoms with Crippen LogP contribution in [0, 0.1) is 0 Å². The molecule has 4 aliphatic rings. The zero-order valence-corrected chi connectivity index (χ0v) is 14.3. The summed E-state index contributed by atoms with van der Waals surface area (Å²) in [6.07, 6.45) is -5.69. The molecule has 0 aromatic heterocycles. The quantitative estimate of drug-likeness (QED) is 0.424. The van der Waals surface area contributed by atoms with E-state index in [0.29, 0.717) is 19.3 Å². The molecule has 8 nitrogen and oxygen atoms in total. The molecule has 0 amide bonds. The van der Waals surface area contributed by atoms with Crippen molar-refractivity contribution in [1.82, 2.24) is 0 Å². The van der Waals surface area contributed by atoms with E-state index in [4.69, 9.17) is 14.2 Å². The molecule has 5 N–H and O–H groups in total. The lowest BCUT2D eigenvalue weighted by Crippen LogP contribution is -2.72. The van der Waals surface area contributed by atoms with E-state index in [9.17, 15) is 25.5 Å². The minimum atomic E-state index is -1.49. The molecule has 3 aliphatic heterocycles. The van der Waals surface area contributed by atoms with Crippen molar-refractivity contribution < 1.29 is 39.7 Å². The largest absolute Gasteiger partial charge is 0.394 e. The summed E-state index contributed by atoms with van der Waals surface area (Å²) in [7, 11) is 0. The SMILES string of the molecule is CC1(C)O[C@]2(C)CC[C@@]1(O)C[C@H]2O[C@@H]1O[C@H](CO)[C@@H](O)[C@H](O)[C@H]1O. The van der Waals surface area contributed by atoms with Crippen molar-refractivity contribution in [2.45, 2.75) is 93.6 Å². The molecule has 4 rings (SSSR count). The van der Waals surface area contributed by atoms with Gasteiger partial charge in [0.1, 0.15) is 24.4 Å². The summed E-state index contributed by atoms with van der Waals surface area (Å²) in [6, 6.07) is 0. The molecule has 2 bridgehead atoms. The Labute approximate surface area is 141 Å². The molecule has 0 unspecified atom stereocenters. The van der Waals surface area contributed by atoms with E-state index in [0.717, 1.165) is 0 Å². The van der Waals surface area contributed by atoms with Crippen molar-refractivity contribution in [2.75, 3.05) is 6.61 Å². The highest BCUT2D eigenvalue weighted by Crippen LogP contribution is 2.53. The fourth-order valence-corrected chi connectivity index (χ4v) is 4.12. The van der Waals surface area contributed by atoms with Crippen LogP contribution in [0.4, 0.5) is 0 Å². The summed E-state index contributed by atoms with van der Waals surface area (Å²) in [4.78, 5) is 0. The Kier molecular flexibility index (Phi) is 4.50. The molecule has 140 valence electrons. The van der Waals surface area contributed by atoms with Gasteiger partial charge in [-0.1, -0.05) is 0 Å². The highest BCUT2D eigenvalue weighted by atomic mass is 16.7. The van der Waals surface area contributed by atoms with Gasteiger partial charge in [0.15, 0.2) is 6.29 Å². The predicted octanol–water partition coefficient (Wildman–Crippen LogP) is -1.35. The van der Waals surface area contributed by atoms with E-state index in [-0.39, 0.29) is 0 Å². The van der Waals surface area contributed by atoms with Gasteiger partial charge in [0.25, 0.3) is 0 Å². The third-order valence-electron chi connectivity index (χ3n) is 5.99. The molecule has 4 fully saturated rings. The van der Waals surface area contributed by atoms with Crippen LogP contribution in [0.1, 0.15) is 40.0 Å². The topological polar surface area (TPSA) is 129 Å². The van der Waals surface area contributed by atoms with Crippen LogP contribution >= 0.6 is 0 Å². The summed E-state index contributed by atoms with van der Waals surface area (Å²) in [5.41, 5.74) is -2.43. The monoisotopic (exact) mass is 348 g/mol. The van der Waals surface area contributed by atoms with Crippen LogP contribution in [-0.2, 0) is 14.2 Å². The maximum atomic E-state index is 10.9. The molecule has 1 saturated carbocycles. The van der Waals surface area contributed by atoms with E-state index < -0.39 is 60.2 Å². The molecular weight excluding hydrogens is 320 g/mol. The zero-order valence-electron chi connectivity index (χ0n) is 14.3. The maximum Gasteiger partial charge on any atom is 0.187 e. The second kappa shape index (κ2) is 5.85. The molecule has 0 aromatic carbocycles. The van der Waals surface area contributed by atoms with E-state index in [1.54, 1.807) is 0 Å². The Morgan fingerprint density at radius 2 is 1.71 bits per heavy atom. The number of fused-ring (bicyclic) bond motifs is 3. The van der Waals surface area contributed by atoms with Gasteiger partial charge in [-0.05, 0) is 33.6 Å². The van der Waals surface area contributed by atoms with Gasteiger partial charge in [-0.25, -0.2) is 0 Å². The third kappa shape index (κ3) is 2.69. The average Bonchev–Trinajstić information content (AvgIpc) is 2.50. The summed E-state index contributed by atoms with van der Waals surface area (Å²) in [5.74, 6) is 0. The molecule has 8 heteroatoms. The first-order valence-corrected chi connectivity index (χ1v) is 8.41. The second-order valence-electron chi connectivity index (χ2n) is 7.98. The molecule has 24 heavy (non-hydrogen) atoms. The van der Waals surface area contributed by atoms with Gasteiger partial charge in [0.2, 0.25) is 0 Å². The Hall–Kier alpha value is -0.320. The van der Waals surface area contributed by atoms with Gasteiger partial charge in [-0.3, -0.25) is 0 Å². The minimum absolute atomic E-state index is 0.311. The smallest absolute Gasteiger partial charge is 0.187 e. The number of aliphatic hydroxyl groups is 5. The normalized spacial score (nSPS) is 54.0. The average molecular weight is 348 g/mol.